The summed E-state index contributed by atoms with van der Waals surface area (Å²) in [5, 5.41) is 12.2. The van der Waals surface area contributed by atoms with Gasteiger partial charge in [-0.1, -0.05) is 0 Å². The summed E-state index contributed by atoms with van der Waals surface area (Å²) in [6.07, 6.45) is 1.10. The van der Waals surface area contributed by atoms with Crippen LogP contribution < -0.4 is 5.32 Å². The maximum atomic E-state index is 4.44. The monoisotopic (exact) mass is 249 g/mol. The van der Waals surface area contributed by atoms with Crippen molar-refractivity contribution in [1.82, 2.24) is 15.1 Å². The van der Waals surface area contributed by atoms with E-state index in [1.807, 2.05) is 6.92 Å². The van der Waals surface area contributed by atoms with Crippen LogP contribution in [-0.2, 0) is 19.5 Å². The molecule has 0 aliphatic carbocycles. The molecular weight excluding hydrogens is 230 g/mol. The van der Waals surface area contributed by atoms with E-state index >= 15 is 0 Å². The molecule has 2 aromatic heterocycles. The van der Waals surface area contributed by atoms with Gasteiger partial charge in [0, 0.05) is 13.1 Å². The Balaban J connectivity index is 1.77. The number of nitrogens with zero attached hydrogens (tertiary/aromatic N) is 2. The predicted molar refractivity (Wildman–Crippen MR) is 72.4 cm³/mol. The standard InChI is InChI=1S/C13H19N3S/c1-3-16-13(8-11(2)15-16)9-14-6-4-12-5-7-17-10-12/h5,7-8,10,14H,3-4,6,9H2,1-2H3. The zero-order chi connectivity index (χ0) is 12.1. The third kappa shape index (κ3) is 3.41. The van der Waals surface area contributed by atoms with Gasteiger partial charge in [-0.2, -0.15) is 16.4 Å². The van der Waals surface area contributed by atoms with Crippen molar-refractivity contribution >= 4 is 11.3 Å². The smallest absolute Gasteiger partial charge is 0.0597 e. The lowest BCUT2D eigenvalue weighted by molar-refractivity contribution is 0.580. The van der Waals surface area contributed by atoms with Gasteiger partial charge >= 0.3 is 0 Å². The summed E-state index contributed by atoms with van der Waals surface area (Å²) in [7, 11) is 0. The van der Waals surface area contributed by atoms with Gasteiger partial charge in [-0.3, -0.25) is 4.68 Å². The van der Waals surface area contributed by atoms with E-state index in [-0.39, 0.29) is 0 Å². The Morgan fingerprint density at radius 2 is 2.35 bits per heavy atom. The van der Waals surface area contributed by atoms with E-state index in [4.69, 9.17) is 0 Å². The summed E-state index contributed by atoms with van der Waals surface area (Å²) < 4.78 is 2.06. The van der Waals surface area contributed by atoms with Crippen molar-refractivity contribution in [3.63, 3.8) is 0 Å². The second kappa shape index (κ2) is 5.98. The maximum absolute atomic E-state index is 4.44. The highest BCUT2D eigenvalue weighted by Gasteiger charge is 2.02. The molecule has 4 heteroatoms. The number of rotatable bonds is 6. The van der Waals surface area contributed by atoms with E-state index in [9.17, 15) is 0 Å². The lowest BCUT2D eigenvalue weighted by atomic mass is 10.2. The van der Waals surface area contributed by atoms with Crippen molar-refractivity contribution in [1.29, 1.82) is 0 Å². The highest BCUT2D eigenvalue weighted by molar-refractivity contribution is 7.07. The molecule has 0 amide bonds. The van der Waals surface area contributed by atoms with Crippen molar-refractivity contribution < 1.29 is 0 Å². The number of aromatic nitrogens is 2. The van der Waals surface area contributed by atoms with Crippen molar-refractivity contribution in [2.24, 2.45) is 0 Å². The van der Waals surface area contributed by atoms with E-state index in [1.54, 1.807) is 11.3 Å². The Morgan fingerprint density at radius 3 is 3.06 bits per heavy atom. The van der Waals surface area contributed by atoms with Gasteiger partial charge in [0.2, 0.25) is 0 Å². The van der Waals surface area contributed by atoms with Gasteiger partial charge in [0.05, 0.1) is 11.4 Å². The van der Waals surface area contributed by atoms with Crippen LogP contribution in [0.4, 0.5) is 0 Å². The molecular formula is C13H19N3S. The summed E-state index contributed by atoms with van der Waals surface area (Å²) in [6, 6.07) is 4.34. The Morgan fingerprint density at radius 1 is 1.47 bits per heavy atom. The quantitative estimate of drug-likeness (QED) is 0.798. The molecule has 0 aliphatic heterocycles. The Hall–Kier alpha value is -1.13. The fourth-order valence-corrected chi connectivity index (χ4v) is 2.60. The highest BCUT2D eigenvalue weighted by atomic mass is 32.1. The van der Waals surface area contributed by atoms with Crippen LogP contribution >= 0.6 is 11.3 Å². The zero-order valence-corrected chi connectivity index (χ0v) is 11.3. The topological polar surface area (TPSA) is 29.9 Å². The molecule has 0 radical (unpaired) electrons. The minimum Gasteiger partial charge on any atom is -0.311 e. The van der Waals surface area contributed by atoms with Crippen molar-refractivity contribution in [2.45, 2.75) is 33.4 Å². The molecule has 0 unspecified atom stereocenters. The highest BCUT2D eigenvalue weighted by Crippen LogP contribution is 2.06. The molecule has 0 atom stereocenters. The molecule has 0 spiro atoms. The van der Waals surface area contributed by atoms with Gasteiger partial charge < -0.3 is 5.32 Å². The summed E-state index contributed by atoms with van der Waals surface area (Å²) >= 11 is 1.76. The first-order chi connectivity index (χ1) is 8.29. The van der Waals surface area contributed by atoms with Crippen molar-refractivity contribution in [3.05, 3.63) is 39.8 Å². The summed E-state index contributed by atoms with van der Waals surface area (Å²) in [6.45, 7) is 7.03. The van der Waals surface area contributed by atoms with Crippen LogP contribution in [0.1, 0.15) is 23.9 Å². The van der Waals surface area contributed by atoms with Crippen molar-refractivity contribution in [2.75, 3.05) is 6.54 Å². The van der Waals surface area contributed by atoms with Gasteiger partial charge in [-0.25, -0.2) is 0 Å². The number of aryl methyl sites for hydroxylation is 2. The first-order valence-corrected chi connectivity index (χ1v) is 6.99. The number of hydrogen-bond donors (Lipinski definition) is 1. The summed E-state index contributed by atoms with van der Waals surface area (Å²) in [5.74, 6) is 0. The van der Waals surface area contributed by atoms with Crippen LogP contribution in [0.15, 0.2) is 22.9 Å². The molecule has 3 nitrogen and oxygen atoms in total. The van der Waals surface area contributed by atoms with E-state index in [0.717, 1.165) is 31.7 Å². The Labute approximate surface area is 106 Å². The largest absolute Gasteiger partial charge is 0.311 e. The van der Waals surface area contributed by atoms with E-state index in [0.29, 0.717) is 0 Å². The van der Waals surface area contributed by atoms with Crippen LogP contribution in [0, 0.1) is 6.92 Å². The van der Waals surface area contributed by atoms with E-state index < -0.39 is 0 Å². The van der Waals surface area contributed by atoms with Crippen LogP contribution in [0.25, 0.3) is 0 Å². The molecule has 1 N–H and O–H groups in total. The molecule has 0 fully saturated rings. The average Bonchev–Trinajstić information content (AvgIpc) is 2.93. The maximum Gasteiger partial charge on any atom is 0.0597 e. The lowest BCUT2D eigenvalue weighted by Gasteiger charge is -2.06. The SMILES string of the molecule is CCn1nc(C)cc1CNCCc1ccsc1. The predicted octanol–water partition coefficient (Wildman–Crippen LogP) is 2.61. The number of hydrogen-bond acceptors (Lipinski definition) is 3. The fraction of sp³-hybridized carbons (Fsp3) is 0.462. The van der Waals surface area contributed by atoms with Gasteiger partial charge in [-0.05, 0) is 55.3 Å². The molecule has 0 bridgehead atoms. The van der Waals surface area contributed by atoms with Gasteiger partial charge in [0.25, 0.3) is 0 Å². The second-order valence-electron chi connectivity index (χ2n) is 4.15. The third-order valence-corrected chi connectivity index (χ3v) is 3.49. The number of thiophene rings is 1. The molecule has 0 aliphatic rings. The molecule has 0 saturated carbocycles. The molecule has 2 rings (SSSR count). The van der Waals surface area contributed by atoms with Crippen LogP contribution in [0.5, 0.6) is 0 Å². The zero-order valence-electron chi connectivity index (χ0n) is 10.4. The van der Waals surface area contributed by atoms with Gasteiger partial charge in [0.1, 0.15) is 0 Å². The Bertz CT molecular complexity index is 445. The molecule has 92 valence electrons. The minimum atomic E-state index is 0.902. The minimum absolute atomic E-state index is 0.902. The molecule has 0 aromatic carbocycles. The van der Waals surface area contributed by atoms with E-state index in [1.165, 1.54) is 11.3 Å². The second-order valence-corrected chi connectivity index (χ2v) is 4.93. The first-order valence-electron chi connectivity index (χ1n) is 6.04. The average molecular weight is 249 g/mol. The van der Waals surface area contributed by atoms with Crippen LogP contribution in [0.2, 0.25) is 0 Å². The molecule has 17 heavy (non-hydrogen) atoms. The third-order valence-electron chi connectivity index (χ3n) is 2.76. The van der Waals surface area contributed by atoms with Crippen molar-refractivity contribution in [3.8, 4) is 0 Å². The fourth-order valence-electron chi connectivity index (χ4n) is 1.90. The number of nitrogens with one attached hydrogen (secondary N) is 1. The normalized spacial score (nSPS) is 10.9. The van der Waals surface area contributed by atoms with E-state index in [2.05, 4.69) is 44.9 Å². The van der Waals surface area contributed by atoms with Crippen LogP contribution in [-0.4, -0.2) is 16.3 Å². The van der Waals surface area contributed by atoms with Gasteiger partial charge in [0.15, 0.2) is 0 Å². The summed E-state index contributed by atoms with van der Waals surface area (Å²) in [5.41, 5.74) is 3.79. The first kappa shape index (κ1) is 12.3. The summed E-state index contributed by atoms with van der Waals surface area (Å²) in [4.78, 5) is 0. The van der Waals surface area contributed by atoms with Crippen LogP contribution in [0.3, 0.4) is 0 Å². The lowest BCUT2D eigenvalue weighted by Crippen LogP contribution is -2.19. The Kier molecular flexibility index (Phi) is 4.34. The van der Waals surface area contributed by atoms with Gasteiger partial charge in [-0.15, -0.1) is 0 Å². The molecule has 2 heterocycles. The molecule has 0 saturated heterocycles. The molecule has 2 aromatic rings.